The van der Waals surface area contributed by atoms with Gasteiger partial charge in [-0.2, -0.15) is 0 Å². The molecule has 0 unspecified atom stereocenters. The number of anilines is 3. The number of halogens is 1. The van der Waals surface area contributed by atoms with E-state index in [4.69, 9.17) is 9.47 Å². The van der Waals surface area contributed by atoms with Gasteiger partial charge >= 0.3 is 17.8 Å². The van der Waals surface area contributed by atoms with Gasteiger partial charge in [0.1, 0.15) is 15.7 Å². The van der Waals surface area contributed by atoms with Gasteiger partial charge in [-0.15, -0.1) is 0 Å². The number of aliphatic carboxylic acids is 2. The number of nitrogens with one attached hydrogen (secondary N) is 2. The van der Waals surface area contributed by atoms with E-state index in [1.165, 1.54) is 7.11 Å². The van der Waals surface area contributed by atoms with Gasteiger partial charge in [-0.3, -0.25) is 19.3 Å². The molecule has 14 nitrogen and oxygen atoms in total. The molecule has 0 aliphatic carbocycles. The Morgan fingerprint density at radius 2 is 1.80 bits per heavy atom. The molecule has 44 heavy (non-hydrogen) atoms. The van der Waals surface area contributed by atoms with E-state index in [9.17, 15) is 47.0 Å². The van der Waals surface area contributed by atoms with E-state index in [-0.39, 0.29) is 17.7 Å². The molecule has 2 amide bonds. The van der Waals surface area contributed by atoms with Crippen molar-refractivity contribution in [2.45, 2.75) is 38.3 Å². The molecule has 2 aliphatic heterocycles. The van der Waals surface area contributed by atoms with Crippen LogP contribution in [-0.2, 0) is 40.2 Å². The number of carbonyl (C=O) groups is 5. The van der Waals surface area contributed by atoms with Crippen LogP contribution in [0.3, 0.4) is 0 Å². The maximum absolute atomic E-state index is 14.9. The first kappa shape index (κ1) is 32.2. The molecule has 0 bridgehead atoms. The van der Waals surface area contributed by atoms with Crippen LogP contribution in [0.5, 0.6) is 11.5 Å². The number of carboxylic acid groups (broad SMARTS) is 2. The van der Waals surface area contributed by atoms with E-state index in [2.05, 4.69) is 10.6 Å². The largest absolute Gasteiger partial charge is 0.493 e. The molecule has 2 aliphatic rings. The summed E-state index contributed by atoms with van der Waals surface area (Å²) in [6, 6.07) is 2.13. The summed E-state index contributed by atoms with van der Waals surface area (Å²) in [5.74, 6) is -12.2. The summed E-state index contributed by atoms with van der Waals surface area (Å²) in [6.07, 6.45) is 0.974. The summed E-state index contributed by atoms with van der Waals surface area (Å²) in [7, 11) is -2.53. The highest BCUT2D eigenvalue weighted by atomic mass is 32.2. The molecule has 4 atom stereocenters. The molecule has 0 saturated heterocycles. The number of hydrogen-bond acceptors (Lipinski definition) is 10. The van der Waals surface area contributed by atoms with Gasteiger partial charge in [-0.05, 0) is 37.1 Å². The van der Waals surface area contributed by atoms with Gasteiger partial charge in [0.25, 0.3) is 0 Å². The van der Waals surface area contributed by atoms with Gasteiger partial charge in [-0.25, -0.2) is 22.4 Å². The van der Waals surface area contributed by atoms with Gasteiger partial charge in [0, 0.05) is 48.1 Å². The van der Waals surface area contributed by atoms with Gasteiger partial charge in [-0.1, -0.05) is 0 Å². The number of amides is 2. The average molecular weight is 636 g/mol. The number of Topliss-reactive ketones (excluding diaryl/α,β-unsaturated/α-hetero) is 1. The second kappa shape index (κ2) is 12.1. The average Bonchev–Trinajstić information content (AvgIpc) is 3.48. The first-order valence-corrected chi connectivity index (χ1v) is 15.4. The number of sulfone groups is 1. The summed E-state index contributed by atoms with van der Waals surface area (Å²) >= 11 is 0. The number of ketones is 1. The Kier molecular flexibility index (Phi) is 8.86. The van der Waals surface area contributed by atoms with Crippen LogP contribution in [-0.4, -0.2) is 86.0 Å². The lowest BCUT2D eigenvalue weighted by Gasteiger charge is -2.36. The van der Waals surface area contributed by atoms with Crippen LogP contribution in [0.4, 0.5) is 21.5 Å². The van der Waals surface area contributed by atoms with E-state index in [1.54, 1.807) is 19.1 Å². The minimum atomic E-state index is -3.96. The van der Waals surface area contributed by atoms with Crippen LogP contribution in [0.1, 0.15) is 30.9 Å². The van der Waals surface area contributed by atoms with Crippen LogP contribution in [0.2, 0.25) is 0 Å². The molecule has 0 spiro atoms. The molecule has 4 N–H and O–H groups in total. The number of hydrogen-bond donors (Lipinski definition) is 4. The molecular formula is C28H30FN3O11S. The number of carboxylic acids is 2. The number of carbonyl (C=O) groups excluding carboxylic acids is 3. The Labute approximate surface area is 251 Å². The predicted molar refractivity (Wildman–Crippen MR) is 153 cm³/mol. The van der Waals surface area contributed by atoms with Crippen molar-refractivity contribution in [3.63, 3.8) is 0 Å². The molecule has 2 heterocycles. The molecule has 0 radical (unpaired) electrons. The summed E-state index contributed by atoms with van der Waals surface area (Å²) in [4.78, 5) is 63.4. The molecular weight excluding hydrogens is 605 g/mol. The van der Waals surface area contributed by atoms with Crippen molar-refractivity contribution in [3.05, 3.63) is 41.2 Å². The van der Waals surface area contributed by atoms with Crippen molar-refractivity contribution < 1.29 is 56.5 Å². The molecule has 2 aromatic carbocycles. The normalized spacial score (nSPS) is 19.3. The first-order valence-electron chi connectivity index (χ1n) is 13.3. The summed E-state index contributed by atoms with van der Waals surface area (Å²) in [5, 5.41) is 25.0. The van der Waals surface area contributed by atoms with Gasteiger partial charge in [0.05, 0.1) is 37.1 Å². The minimum absolute atomic E-state index is 0.0845. The lowest BCUT2D eigenvalue weighted by Crippen LogP contribution is -2.54. The number of fused-ring (bicyclic) bond motifs is 2. The van der Waals surface area contributed by atoms with Crippen molar-refractivity contribution in [1.82, 2.24) is 0 Å². The second-order valence-electron chi connectivity index (χ2n) is 10.5. The minimum Gasteiger partial charge on any atom is -0.493 e. The fourth-order valence-electron chi connectivity index (χ4n) is 5.99. The second-order valence-corrected chi connectivity index (χ2v) is 12.7. The molecule has 236 valence electrons. The highest BCUT2D eigenvalue weighted by Gasteiger charge is 2.55. The van der Waals surface area contributed by atoms with E-state index >= 15 is 0 Å². The maximum atomic E-state index is 14.9. The SMILES string of the molecule is CCOc1cc2c(cc1OC)C[C@H]([C@@H](CS(C)(=O)=O)[C@H]1[C@H](C(=O)C(=O)O)c3c(NC(C)=O)cc(F)cc3N1C(=O)C(=O)O)N2. The fraction of sp³-hybridized carbons (Fsp3) is 0.393. The van der Waals surface area contributed by atoms with Crippen LogP contribution in [0, 0.1) is 11.7 Å². The third kappa shape index (κ3) is 6.15. The van der Waals surface area contributed by atoms with E-state index in [1.807, 2.05) is 0 Å². The van der Waals surface area contributed by atoms with Gasteiger partial charge in [0.2, 0.25) is 11.7 Å². The molecule has 0 saturated carbocycles. The van der Waals surface area contributed by atoms with Crippen LogP contribution in [0.15, 0.2) is 24.3 Å². The lowest BCUT2D eigenvalue weighted by atomic mass is 9.79. The zero-order valence-corrected chi connectivity index (χ0v) is 24.9. The maximum Gasteiger partial charge on any atom is 0.394 e. The topological polar surface area (TPSA) is 206 Å². The zero-order chi connectivity index (χ0) is 32.7. The van der Waals surface area contributed by atoms with Gasteiger partial charge < -0.3 is 30.3 Å². The smallest absolute Gasteiger partial charge is 0.394 e. The van der Waals surface area contributed by atoms with Crippen molar-refractivity contribution in [1.29, 1.82) is 0 Å². The quantitative estimate of drug-likeness (QED) is 0.274. The molecule has 0 fully saturated rings. The highest BCUT2D eigenvalue weighted by molar-refractivity contribution is 7.90. The Hall–Kier alpha value is -4.73. The third-order valence-electron chi connectivity index (χ3n) is 7.46. The summed E-state index contributed by atoms with van der Waals surface area (Å²) < 4.78 is 51.5. The van der Waals surface area contributed by atoms with Crippen LogP contribution < -0.4 is 25.0 Å². The Balaban J connectivity index is 1.97. The van der Waals surface area contributed by atoms with E-state index in [0.717, 1.165) is 25.3 Å². The third-order valence-corrected chi connectivity index (χ3v) is 8.45. The standard InChI is InChI=1S/C28H30FN3O11S/c1-5-43-21-10-16-13(7-20(21)42-3)6-17(31-16)15(11-44(4,40)41)24-23(25(34)27(36)37)22-18(30-12(2)33)8-14(29)9-19(22)32(24)26(35)28(38)39/h7-10,15,17,23-24,31H,5-6,11H2,1-4H3,(H,30,33)(H,36,37)(H,38,39)/t15-,17-,23-,24+/m1/s1. The fourth-order valence-corrected chi connectivity index (χ4v) is 7.12. The first-order chi connectivity index (χ1) is 20.6. The van der Waals surface area contributed by atoms with Crippen molar-refractivity contribution in [3.8, 4) is 11.5 Å². The zero-order valence-electron chi connectivity index (χ0n) is 24.0. The van der Waals surface area contributed by atoms with Crippen LogP contribution in [0.25, 0.3) is 0 Å². The molecule has 4 rings (SSSR count). The Morgan fingerprint density at radius 3 is 2.34 bits per heavy atom. The molecule has 0 aromatic heterocycles. The summed E-state index contributed by atoms with van der Waals surface area (Å²) in [5.41, 5.74) is -0.0605. The van der Waals surface area contributed by atoms with Crippen molar-refractivity contribution in [2.24, 2.45) is 5.92 Å². The van der Waals surface area contributed by atoms with E-state index in [0.29, 0.717) is 34.3 Å². The van der Waals surface area contributed by atoms with E-state index < -0.39 is 80.6 Å². The number of benzene rings is 2. The Morgan fingerprint density at radius 1 is 1.11 bits per heavy atom. The summed E-state index contributed by atoms with van der Waals surface area (Å²) in [6.45, 7) is 3.12. The van der Waals surface area contributed by atoms with Crippen LogP contribution >= 0.6 is 0 Å². The number of methoxy groups -OCH3 is 1. The molecule has 2 aromatic rings. The van der Waals surface area contributed by atoms with Gasteiger partial charge in [0.15, 0.2) is 11.5 Å². The number of nitrogens with zero attached hydrogens (tertiary/aromatic N) is 1. The monoisotopic (exact) mass is 635 g/mol. The number of rotatable bonds is 10. The van der Waals surface area contributed by atoms with Crippen molar-refractivity contribution in [2.75, 3.05) is 41.3 Å². The highest BCUT2D eigenvalue weighted by Crippen LogP contribution is 2.51. The molecule has 16 heteroatoms. The predicted octanol–water partition coefficient (Wildman–Crippen LogP) is 1.43. The lowest BCUT2D eigenvalue weighted by molar-refractivity contribution is -0.150. The Bertz CT molecular complexity index is 1680. The number of ether oxygens (including phenoxy) is 2. The van der Waals surface area contributed by atoms with Crippen molar-refractivity contribution >= 4 is 56.4 Å².